The molecule has 0 saturated carbocycles. The SMILES string of the molecule is C=CCOC1O[C@H](CO)[C@@H](O[C@@H]2O[C@H](CO)[C@H](O)[C@H](O)[C@H]2O)[C@H](O)[C@H]1O. The van der Waals surface area contributed by atoms with Crippen LogP contribution in [-0.4, -0.2) is 117 Å². The Balaban J connectivity index is 2.10. The van der Waals surface area contributed by atoms with Gasteiger partial charge < -0.3 is 54.7 Å². The standard InChI is InChI=1S/C15H26O11/c1-2-3-23-14-12(22)10(20)13(7(5-17)25-14)26-15-11(21)9(19)8(18)6(4-16)24-15/h2,6-22H,1,3-5H2/t6-,7-,8+,9+,10-,11-,12-,13-,14?,15+/m1/s1. The average Bonchev–Trinajstić information content (AvgIpc) is 2.64. The van der Waals surface area contributed by atoms with E-state index in [2.05, 4.69) is 6.58 Å². The topological polar surface area (TPSA) is 179 Å². The summed E-state index contributed by atoms with van der Waals surface area (Å²) >= 11 is 0. The fourth-order valence-electron chi connectivity index (χ4n) is 2.86. The van der Waals surface area contributed by atoms with Gasteiger partial charge in [-0.3, -0.25) is 0 Å². The van der Waals surface area contributed by atoms with Crippen LogP contribution in [0.25, 0.3) is 0 Å². The van der Waals surface area contributed by atoms with Crippen LogP contribution in [0.3, 0.4) is 0 Å². The Morgan fingerprint density at radius 3 is 1.92 bits per heavy atom. The number of rotatable bonds is 7. The molecular weight excluding hydrogens is 356 g/mol. The molecule has 11 heteroatoms. The van der Waals surface area contributed by atoms with Gasteiger partial charge in [-0.05, 0) is 0 Å². The molecule has 1 unspecified atom stereocenters. The lowest BCUT2D eigenvalue weighted by atomic mass is 9.97. The van der Waals surface area contributed by atoms with E-state index in [-0.39, 0.29) is 6.61 Å². The predicted octanol–water partition coefficient (Wildman–Crippen LogP) is -4.19. The molecule has 10 atom stereocenters. The number of aliphatic hydroxyl groups excluding tert-OH is 7. The molecule has 2 heterocycles. The Morgan fingerprint density at radius 1 is 0.769 bits per heavy atom. The van der Waals surface area contributed by atoms with Crippen LogP contribution in [0.5, 0.6) is 0 Å². The molecule has 2 aliphatic heterocycles. The van der Waals surface area contributed by atoms with Crippen LogP contribution in [0, 0.1) is 0 Å². The van der Waals surface area contributed by atoms with E-state index < -0.39 is 74.6 Å². The summed E-state index contributed by atoms with van der Waals surface area (Å²) in [5.74, 6) is 0. The van der Waals surface area contributed by atoms with E-state index in [1.807, 2.05) is 0 Å². The van der Waals surface area contributed by atoms with Gasteiger partial charge in [0.2, 0.25) is 0 Å². The summed E-state index contributed by atoms with van der Waals surface area (Å²) in [6, 6.07) is 0. The van der Waals surface area contributed by atoms with E-state index in [1.54, 1.807) is 0 Å². The highest BCUT2D eigenvalue weighted by molar-refractivity contribution is 4.94. The average molecular weight is 382 g/mol. The van der Waals surface area contributed by atoms with Crippen LogP contribution in [0.2, 0.25) is 0 Å². The van der Waals surface area contributed by atoms with Crippen molar-refractivity contribution < 1.29 is 54.7 Å². The molecule has 0 amide bonds. The molecule has 26 heavy (non-hydrogen) atoms. The second-order valence-electron chi connectivity index (χ2n) is 6.13. The predicted molar refractivity (Wildman–Crippen MR) is 82.5 cm³/mol. The second kappa shape index (κ2) is 9.48. The third kappa shape index (κ3) is 4.40. The summed E-state index contributed by atoms with van der Waals surface area (Å²) < 4.78 is 21.1. The van der Waals surface area contributed by atoms with E-state index in [1.165, 1.54) is 6.08 Å². The summed E-state index contributed by atoms with van der Waals surface area (Å²) in [5.41, 5.74) is 0. The smallest absolute Gasteiger partial charge is 0.187 e. The van der Waals surface area contributed by atoms with Gasteiger partial charge in [0.15, 0.2) is 12.6 Å². The molecule has 7 N–H and O–H groups in total. The van der Waals surface area contributed by atoms with Crippen LogP contribution in [0.4, 0.5) is 0 Å². The maximum absolute atomic E-state index is 10.3. The van der Waals surface area contributed by atoms with Crippen molar-refractivity contribution in [3.63, 3.8) is 0 Å². The molecule has 152 valence electrons. The maximum atomic E-state index is 10.3. The third-order valence-corrected chi connectivity index (χ3v) is 4.34. The van der Waals surface area contributed by atoms with Crippen molar-refractivity contribution in [2.24, 2.45) is 0 Å². The molecule has 0 aromatic rings. The Kier molecular flexibility index (Phi) is 7.88. The Labute approximate surface area is 149 Å². The quantitative estimate of drug-likeness (QED) is 0.212. The Morgan fingerprint density at radius 2 is 1.35 bits per heavy atom. The lowest BCUT2D eigenvalue weighted by Crippen LogP contribution is -2.64. The molecular formula is C15H26O11. The molecule has 2 saturated heterocycles. The van der Waals surface area contributed by atoms with Crippen LogP contribution >= 0.6 is 0 Å². The van der Waals surface area contributed by atoms with Gasteiger partial charge in [0.05, 0.1) is 19.8 Å². The first kappa shape index (κ1) is 21.6. The molecule has 0 radical (unpaired) electrons. The molecule has 2 aliphatic rings. The number of hydrogen-bond acceptors (Lipinski definition) is 11. The molecule has 0 aromatic heterocycles. The van der Waals surface area contributed by atoms with E-state index >= 15 is 0 Å². The van der Waals surface area contributed by atoms with Crippen molar-refractivity contribution in [1.29, 1.82) is 0 Å². The monoisotopic (exact) mass is 382 g/mol. The van der Waals surface area contributed by atoms with Crippen LogP contribution in [0.15, 0.2) is 12.7 Å². The molecule has 2 fully saturated rings. The number of aliphatic hydroxyl groups is 7. The molecule has 0 aliphatic carbocycles. The van der Waals surface area contributed by atoms with Crippen LogP contribution < -0.4 is 0 Å². The van der Waals surface area contributed by atoms with Gasteiger partial charge in [0.1, 0.15) is 48.8 Å². The minimum atomic E-state index is -1.70. The zero-order chi connectivity index (χ0) is 19.4. The zero-order valence-electron chi connectivity index (χ0n) is 13.9. The Hall–Kier alpha value is -0.700. The lowest BCUT2D eigenvalue weighted by molar-refractivity contribution is -0.358. The fourth-order valence-corrected chi connectivity index (χ4v) is 2.86. The minimum absolute atomic E-state index is 0.0326. The van der Waals surface area contributed by atoms with E-state index in [0.717, 1.165) is 0 Å². The van der Waals surface area contributed by atoms with E-state index in [9.17, 15) is 35.7 Å². The summed E-state index contributed by atoms with van der Waals surface area (Å²) in [5, 5.41) is 68.6. The highest BCUT2D eigenvalue weighted by Gasteiger charge is 2.50. The highest BCUT2D eigenvalue weighted by atomic mass is 16.7. The van der Waals surface area contributed by atoms with Crippen molar-refractivity contribution in [2.45, 2.75) is 61.4 Å². The van der Waals surface area contributed by atoms with Crippen LogP contribution in [-0.2, 0) is 18.9 Å². The first-order valence-corrected chi connectivity index (χ1v) is 8.16. The molecule has 0 aromatic carbocycles. The van der Waals surface area contributed by atoms with Crippen LogP contribution in [0.1, 0.15) is 0 Å². The van der Waals surface area contributed by atoms with Crippen molar-refractivity contribution in [2.75, 3.05) is 19.8 Å². The van der Waals surface area contributed by atoms with Gasteiger partial charge >= 0.3 is 0 Å². The van der Waals surface area contributed by atoms with Crippen molar-refractivity contribution >= 4 is 0 Å². The summed E-state index contributed by atoms with van der Waals surface area (Å²) in [7, 11) is 0. The molecule has 0 spiro atoms. The second-order valence-corrected chi connectivity index (χ2v) is 6.13. The minimum Gasteiger partial charge on any atom is -0.394 e. The van der Waals surface area contributed by atoms with E-state index in [0.29, 0.717) is 0 Å². The number of hydrogen-bond donors (Lipinski definition) is 7. The van der Waals surface area contributed by atoms with E-state index in [4.69, 9.17) is 18.9 Å². The first-order chi connectivity index (χ1) is 12.3. The summed E-state index contributed by atoms with van der Waals surface area (Å²) in [6.45, 7) is 2.22. The molecule has 0 bridgehead atoms. The Bertz CT molecular complexity index is 445. The van der Waals surface area contributed by atoms with Gasteiger partial charge in [-0.2, -0.15) is 0 Å². The fraction of sp³-hybridized carbons (Fsp3) is 0.867. The van der Waals surface area contributed by atoms with Crippen molar-refractivity contribution in [3.8, 4) is 0 Å². The van der Waals surface area contributed by atoms with Crippen molar-refractivity contribution in [1.82, 2.24) is 0 Å². The normalized spacial score (nSPS) is 46.9. The van der Waals surface area contributed by atoms with Gasteiger partial charge in [0.25, 0.3) is 0 Å². The van der Waals surface area contributed by atoms with Gasteiger partial charge in [-0.25, -0.2) is 0 Å². The molecule has 11 nitrogen and oxygen atoms in total. The number of ether oxygens (including phenoxy) is 4. The largest absolute Gasteiger partial charge is 0.394 e. The summed E-state index contributed by atoms with van der Waals surface area (Å²) in [4.78, 5) is 0. The maximum Gasteiger partial charge on any atom is 0.187 e. The van der Waals surface area contributed by atoms with Gasteiger partial charge in [-0.1, -0.05) is 6.08 Å². The lowest BCUT2D eigenvalue weighted by Gasteiger charge is -2.45. The van der Waals surface area contributed by atoms with Crippen molar-refractivity contribution in [3.05, 3.63) is 12.7 Å². The zero-order valence-corrected chi connectivity index (χ0v) is 13.9. The highest BCUT2D eigenvalue weighted by Crippen LogP contribution is 2.29. The van der Waals surface area contributed by atoms with Gasteiger partial charge in [0, 0.05) is 0 Å². The molecule has 2 rings (SSSR count). The first-order valence-electron chi connectivity index (χ1n) is 8.16. The third-order valence-electron chi connectivity index (χ3n) is 4.34. The van der Waals surface area contributed by atoms with Gasteiger partial charge in [-0.15, -0.1) is 6.58 Å². The summed E-state index contributed by atoms with van der Waals surface area (Å²) in [6.07, 6.45) is -13.1.